The normalized spacial score (nSPS) is 14.1. The third-order valence-electron chi connectivity index (χ3n) is 1.53. The van der Waals surface area contributed by atoms with Gasteiger partial charge in [-0.2, -0.15) is 13.5 Å². The van der Waals surface area contributed by atoms with E-state index in [-0.39, 0.29) is 5.92 Å². The Hall–Kier alpha value is -1.08. The topological polar surface area (TPSA) is 81.3 Å². The van der Waals surface area contributed by atoms with Crippen LogP contribution in [0.25, 0.3) is 0 Å². The molecule has 0 saturated carbocycles. The van der Waals surface area contributed by atoms with Gasteiger partial charge >= 0.3 is 0 Å². The van der Waals surface area contributed by atoms with Gasteiger partial charge in [-0.15, -0.1) is 0 Å². The van der Waals surface area contributed by atoms with Crippen molar-refractivity contribution >= 4 is 10.1 Å². The third-order valence-corrected chi connectivity index (χ3v) is 2.07. The van der Waals surface area contributed by atoms with E-state index in [1.54, 1.807) is 19.9 Å². The molecule has 0 aliphatic carbocycles. The molecule has 6 nitrogen and oxygen atoms in total. The van der Waals surface area contributed by atoms with Gasteiger partial charge in [0, 0.05) is 12.0 Å². The van der Waals surface area contributed by atoms with Crippen molar-refractivity contribution in [1.29, 1.82) is 0 Å². The van der Waals surface area contributed by atoms with E-state index in [4.69, 9.17) is 8.92 Å². The highest BCUT2D eigenvalue weighted by Gasteiger charge is 2.21. The Bertz CT molecular complexity index is 385. The van der Waals surface area contributed by atoms with Gasteiger partial charge in [-0.25, -0.2) is 9.28 Å². The fraction of sp³-hybridized carbons (Fsp3) is 0.625. The smallest absolute Gasteiger partial charge is 0.267 e. The molecule has 1 aromatic rings. The first-order valence-corrected chi connectivity index (χ1v) is 6.24. The zero-order valence-electron chi connectivity index (χ0n) is 8.80. The second-order valence-corrected chi connectivity index (χ2v) is 5.05. The predicted octanol–water partition coefficient (Wildman–Crippen LogP) is 0.747. The summed E-state index contributed by atoms with van der Waals surface area (Å²) in [7, 11) is -3.53. The maximum absolute atomic E-state index is 10.9. The molecule has 1 heterocycles. The van der Waals surface area contributed by atoms with Crippen LogP contribution in [-0.4, -0.2) is 31.2 Å². The van der Waals surface area contributed by atoms with Crippen LogP contribution in [0.3, 0.4) is 0 Å². The molecule has 7 heteroatoms. The molecular formula is C8H14N2O4S. The zero-order valence-corrected chi connectivity index (χ0v) is 9.61. The quantitative estimate of drug-likeness (QED) is 0.600. The van der Waals surface area contributed by atoms with Crippen LogP contribution in [0, 0.1) is 5.92 Å². The van der Waals surface area contributed by atoms with Crippen molar-refractivity contribution in [3.05, 3.63) is 12.3 Å². The van der Waals surface area contributed by atoms with Gasteiger partial charge in [0.1, 0.15) is 0 Å². The van der Waals surface area contributed by atoms with Crippen LogP contribution in [0.5, 0.6) is 5.88 Å². The molecule has 0 saturated heterocycles. The molecule has 86 valence electrons. The molecule has 1 atom stereocenters. The summed E-state index contributed by atoms with van der Waals surface area (Å²) in [5.41, 5.74) is 0. The van der Waals surface area contributed by atoms with Gasteiger partial charge in [-0.1, -0.05) is 13.8 Å². The van der Waals surface area contributed by atoms with Crippen molar-refractivity contribution in [2.45, 2.75) is 20.1 Å². The van der Waals surface area contributed by atoms with Crippen molar-refractivity contribution in [2.24, 2.45) is 5.92 Å². The molecule has 1 aromatic heterocycles. The maximum Gasteiger partial charge on any atom is 0.267 e. The Kier molecular flexibility index (Phi) is 3.70. The van der Waals surface area contributed by atoms with Gasteiger partial charge in [0.05, 0.1) is 12.5 Å². The van der Waals surface area contributed by atoms with E-state index in [0.29, 0.717) is 5.88 Å². The minimum Gasteiger partial charge on any atom is -0.447 e. The minimum atomic E-state index is -3.53. The number of ether oxygens (including phenoxy) is 1. The average Bonchev–Trinajstić information content (AvgIpc) is 2.52. The second kappa shape index (κ2) is 4.63. The summed E-state index contributed by atoms with van der Waals surface area (Å²) in [5, 5.41) is 6.24. The molecule has 0 amide bonds. The largest absolute Gasteiger partial charge is 0.447 e. The number of H-pyrrole nitrogens is 1. The van der Waals surface area contributed by atoms with Crippen LogP contribution in [0.15, 0.2) is 12.3 Å². The summed E-state index contributed by atoms with van der Waals surface area (Å²) in [6, 6.07) is 1.58. The van der Waals surface area contributed by atoms with E-state index in [1.807, 2.05) is 0 Å². The summed E-state index contributed by atoms with van der Waals surface area (Å²) >= 11 is 0. The molecule has 0 spiro atoms. The lowest BCUT2D eigenvalue weighted by Gasteiger charge is -2.19. The SMILES string of the molecule is CC(C)C(Oc1ccn[nH]1)OS(C)(=O)=O. The first-order chi connectivity index (χ1) is 6.88. The highest BCUT2D eigenvalue weighted by atomic mass is 32.2. The predicted molar refractivity (Wildman–Crippen MR) is 53.8 cm³/mol. The fourth-order valence-corrected chi connectivity index (χ4v) is 1.48. The molecule has 0 aromatic carbocycles. The van der Waals surface area contributed by atoms with E-state index < -0.39 is 16.4 Å². The van der Waals surface area contributed by atoms with Gasteiger partial charge in [0.25, 0.3) is 10.1 Å². The van der Waals surface area contributed by atoms with Crippen molar-refractivity contribution in [3.63, 3.8) is 0 Å². The number of nitrogens with one attached hydrogen (secondary N) is 1. The van der Waals surface area contributed by atoms with Gasteiger partial charge in [0.2, 0.25) is 12.2 Å². The Morgan fingerprint density at radius 2 is 2.13 bits per heavy atom. The van der Waals surface area contributed by atoms with E-state index in [9.17, 15) is 8.42 Å². The standard InChI is InChI=1S/C8H14N2O4S/c1-6(2)8(14-15(3,11)12)13-7-4-5-9-10-7/h4-6,8H,1-3H3,(H,9,10). The molecule has 0 aliphatic heterocycles. The number of hydrogen-bond donors (Lipinski definition) is 1. The molecule has 15 heavy (non-hydrogen) atoms. The lowest BCUT2D eigenvalue weighted by atomic mass is 10.2. The summed E-state index contributed by atoms with van der Waals surface area (Å²) in [4.78, 5) is 0. The Morgan fingerprint density at radius 1 is 1.47 bits per heavy atom. The summed E-state index contributed by atoms with van der Waals surface area (Å²) in [6.45, 7) is 3.60. The van der Waals surface area contributed by atoms with Crippen molar-refractivity contribution < 1.29 is 17.3 Å². The van der Waals surface area contributed by atoms with Gasteiger partial charge < -0.3 is 4.74 Å². The molecule has 0 fully saturated rings. The van der Waals surface area contributed by atoms with E-state index in [2.05, 4.69) is 10.2 Å². The molecule has 0 bridgehead atoms. The number of aromatic amines is 1. The Balaban J connectivity index is 2.67. The molecule has 0 aliphatic rings. The molecule has 0 radical (unpaired) electrons. The minimum absolute atomic E-state index is 0.0944. The molecule has 1 rings (SSSR count). The molecule has 1 unspecified atom stereocenters. The molecular weight excluding hydrogens is 220 g/mol. The first-order valence-electron chi connectivity index (χ1n) is 4.43. The van der Waals surface area contributed by atoms with Gasteiger partial charge in [-0.3, -0.25) is 0 Å². The van der Waals surface area contributed by atoms with Gasteiger partial charge in [0.15, 0.2) is 0 Å². The van der Waals surface area contributed by atoms with Crippen LogP contribution < -0.4 is 4.74 Å². The van der Waals surface area contributed by atoms with Crippen LogP contribution in [0.4, 0.5) is 0 Å². The summed E-state index contributed by atoms with van der Waals surface area (Å²) < 4.78 is 31.9. The number of aromatic nitrogens is 2. The molecule has 1 N–H and O–H groups in total. The van der Waals surface area contributed by atoms with E-state index >= 15 is 0 Å². The van der Waals surface area contributed by atoms with Crippen molar-refractivity contribution in [1.82, 2.24) is 10.2 Å². The number of rotatable bonds is 5. The zero-order chi connectivity index (χ0) is 11.5. The maximum atomic E-state index is 10.9. The Labute approximate surface area is 88.7 Å². The highest BCUT2D eigenvalue weighted by molar-refractivity contribution is 7.86. The number of nitrogens with zero attached hydrogens (tertiary/aromatic N) is 1. The van der Waals surface area contributed by atoms with Crippen LogP contribution in [-0.2, 0) is 14.3 Å². The summed E-state index contributed by atoms with van der Waals surface area (Å²) in [6.07, 6.45) is 1.65. The van der Waals surface area contributed by atoms with Crippen LogP contribution in [0.2, 0.25) is 0 Å². The van der Waals surface area contributed by atoms with Crippen LogP contribution >= 0.6 is 0 Å². The van der Waals surface area contributed by atoms with Gasteiger partial charge in [-0.05, 0) is 0 Å². The second-order valence-electron chi connectivity index (χ2n) is 3.45. The lowest BCUT2D eigenvalue weighted by molar-refractivity contribution is -0.0271. The first kappa shape index (κ1) is 12.0. The monoisotopic (exact) mass is 234 g/mol. The van der Waals surface area contributed by atoms with Crippen molar-refractivity contribution in [2.75, 3.05) is 6.26 Å². The average molecular weight is 234 g/mol. The van der Waals surface area contributed by atoms with E-state index in [1.165, 1.54) is 6.20 Å². The third kappa shape index (κ3) is 4.30. The lowest BCUT2D eigenvalue weighted by Crippen LogP contribution is -2.29. The van der Waals surface area contributed by atoms with E-state index in [0.717, 1.165) is 6.26 Å². The Morgan fingerprint density at radius 3 is 2.53 bits per heavy atom. The van der Waals surface area contributed by atoms with Crippen LogP contribution in [0.1, 0.15) is 13.8 Å². The number of hydrogen-bond acceptors (Lipinski definition) is 5. The van der Waals surface area contributed by atoms with Crippen molar-refractivity contribution in [3.8, 4) is 5.88 Å². The highest BCUT2D eigenvalue weighted by Crippen LogP contribution is 2.14. The fourth-order valence-electron chi connectivity index (χ4n) is 0.873. The summed E-state index contributed by atoms with van der Waals surface area (Å²) in [5.74, 6) is 0.278.